The Morgan fingerprint density at radius 2 is 2.06 bits per heavy atom. The number of carbonyl (C=O) groups is 1. The molecule has 4 rings (SSSR count). The van der Waals surface area contributed by atoms with E-state index in [1.165, 1.54) is 16.8 Å². The number of nitrogens with zero attached hydrogens (tertiary/aromatic N) is 2. The van der Waals surface area contributed by atoms with Crippen molar-refractivity contribution in [2.45, 2.75) is 24.3 Å². The van der Waals surface area contributed by atoms with E-state index in [-0.39, 0.29) is 23.7 Å². The minimum atomic E-state index is -1.69. The molecule has 2 N–H and O–H groups in total. The van der Waals surface area contributed by atoms with Gasteiger partial charge in [-0.15, -0.1) is 0 Å². The largest absolute Gasteiger partial charge is 0.487 e. The summed E-state index contributed by atoms with van der Waals surface area (Å²) in [5.41, 5.74) is 0.787. The Morgan fingerprint density at radius 1 is 1.29 bits per heavy atom. The molecule has 0 spiro atoms. The number of carbonyl (C=O) groups excluding carboxylic acids is 1. The van der Waals surface area contributed by atoms with Crippen LogP contribution in [0.5, 0.6) is 5.75 Å². The summed E-state index contributed by atoms with van der Waals surface area (Å²) in [6, 6.07) is 8.58. The van der Waals surface area contributed by atoms with Crippen molar-refractivity contribution in [1.82, 2.24) is 14.3 Å². The van der Waals surface area contributed by atoms with Gasteiger partial charge in [0.2, 0.25) is 0 Å². The molecule has 162 valence electrons. The molecule has 1 aliphatic rings. The van der Waals surface area contributed by atoms with Crippen LogP contribution in [0.3, 0.4) is 0 Å². The van der Waals surface area contributed by atoms with Crippen LogP contribution in [0.4, 0.5) is 14.5 Å². The second kappa shape index (κ2) is 7.86. The topological polar surface area (TPSA) is 85.2 Å². The minimum Gasteiger partial charge on any atom is -0.487 e. The molecule has 3 aromatic rings. The average molecular weight is 446 g/mol. The Bertz CT molecular complexity index is 1210. The van der Waals surface area contributed by atoms with Gasteiger partial charge >= 0.3 is 0 Å². The molecule has 2 atom stereocenters. The summed E-state index contributed by atoms with van der Waals surface area (Å²) >= 11 is 0. The third-order valence-corrected chi connectivity index (χ3v) is 6.30. The van der Waals surface area contributed by atoms with Crippen LogP contribution in [-0.4, -0.2) is 26.3 Å². The van der Waals surface area contributed by atoms with Crippen LogP contribution in [0.1, 0.15) is 28.8 Å². The number of halogens is 2. The van der Waals surface area contributed by atoms with Crippen molar-refractivity contribution in [2.75, 3.05) is 11.9 Å². The monoisotopic (exact) mass is 446 g/mol. The van der Waals surface area contributed by atoms with E-state index in [9.17, 15) is 17.8 Å². The molecule has 0 fully saturated rings. The van der Waals surface area contributed by atoms with Crippen LogP contribution in [0.15, 0.2) is 47.5 Å². The van der Waals surface area contributed by atoms with Gasteiger partial charge in [0.1, 0.15) is 28.0 Å². The first-order valence-electron chi connectivity index (χ1n) is 9.40. The van der Waals surface area contributed by atoms with Crippen molar-refractivity contribution in [2.24, 2.45) is 7.05 Å². The van der Waals surface area contributed by atoms with E-state index in [1.807, 2.05) is 32.0 Å². The van der Waals surface area contributed by atoms with Crippen LogP contribution in [0, 0.1) is 18.6 Å². The molecule has 1 aromatic carbocycles. The number of benzene rings is 1. The smallest absolute Gasteiger partial charge is 0.276 e. The maximum atomic E-state index is 13.5. The number of aromatic nitrogens is 2. The standard InChI is InChI=1S/C21H20F2N4O3S/c1-12-5-4-6-17(24-12)21(2)11-30-19-16(31(29)26-21)10-27(3)18(19)20(28)25-13-7-8-14(22)15(23)9-13/h4-10,26H,11H2,1-3H3,(H,25,28). The van der Waals surface area contributed by atoms with Gasteiger partial charge in [0, 0.05) is 30.7 Å². The summed E-state index contributed by atoms with van der Waals surface area (Å²) in [6.07, 6.45) is 1.54. The number of hydrogen-bond donors (Lipinski definition) is 2. The van der Waals surface area contributed by atoms with Crippen LogP contribution in [0.25, 0.3) is 0 Å². The molecule has 10 heteroatoms. The predicted octanol–water partition coefficient (Wildman–Crippen LogP) is 3.18. The summed E-state index contributed by atoms with van der Waals surface area (Å²) < 4.78 is 50.2. The summed E-state index contributed by atoms with van der Waals surface area (Å²) in [6.45, 7) is 3.74. The first-order chi connectivity index (χ1) is 14.7. The number of amides is 1. The van der Waals surface area contributed by atoms with Crippen molar-refractivity contribution in [3.63, 3.8) is 0 Å². The van der Waals surface area contributed by atoms with E-state index in [4.69, 9.17) is 4.74 Å². The highest BCUT2D eigenvalue weighted by molar-refractivity contribution is 7.83. The summed E-state index contributed by atoms with van der Waals surface area (Å²) in [7, 11) is -0.0859. The average Bonchev–Trinajstić information content (AvgIpc) is 2.99. The molecular weight excluding hydrogens is 426 g/mol. The maximum Gasteiger partial charge on any atom is 0.276 e. The zero-order valence-corrected chi connectivity index (χ0v) is 17.8. The van der Waals surface area contributed by atoms with Gasteiger partial charge in [0.15, 0.2) is 23.1 Å². The molecule has 3 heterocycles. The Labute approximate surface area is 180 Å². The number of fused-ring (bicyclic) bond motifs is 1. The van der Waals surface area contributed by atoms with Crippen molar-refractivity contribution in [1.29, 1.82) is 0 Å². The molecule has 2 aromatic heterocycles. The van der Waals surface area contributed by atoms with Gasteiger partial charge in [-0.2, -0.15) is 0 Å². The number of aryl methyl sites for hydroxylation is 2. The summed E-state index contributed by atoms with van der Waals surface area (Å²) in [5, 5.41) is 2.52. The second-order valence-electron chi connectivity index (χ2n) is 7.52. The molecule has 0 aliphatic carbocycles. The van der Waals surface area contributed by atoms with Gasteiger partial charge in [-0.1, -0.05) is 6.07 Å². The number of hydrogen-bond acceptors (Lipinski definition) is 4. The minimum absolute atomic E-state index is 0.0671. The number of nitrogens with one attached hydrogen (secondary N) is 2. The summed E-state index contributed by atoms with van der Waals surface area (Å²) in [4.78, 5) is 17.7. The van der Waals surface area contributed by atoms with Gasteiger partial charge in [-0.3, -0.25) is 9.78 Å². The van der Waals surface area contributed by atoms with Crippen molar-refractivity contribution in [3.8, 4) is 5.75 Å². The van der Waals surface area contributed by atoms with E-state index in [2.05, 4.69) is 15.0 Å². The van der Waals surface area contributed by atoms with E-state index in [1.54, 1.807) is 7.05 Å². The van der Waals surface area contributed by atoms with Gasteiger partial charge in [0.05, 0.1) is 5.69 Å². The number of anilines is 1. The Hall–Kier alpha value is -3.11. The lowest BCUT2D eigenvalue weighted by atomic mass is 9.99. The van der Waals surface area contributed by atoms with Crippen molar-refractivity contribution >= 4 is 22.6 Å². The van der Waals surface area contributed by atoms with Gasteiger partial charge in [0.25, 0.3) is 5.91 Å². The molecule has 1 amide bonds. The van der Waals surface area contributed by atoms with Crippen LogP contribution in [0.2, 0.25) is 0 Å². The van der Waals surface area contributed by atoms with E-state index in [0.29, 0.717) is 10.6 Å². The fraction of sp³-hybridized carbons (Fsp3) is 0.238. The lowest BCUT2D eigenvalue weighted by molar-refractivity contribution is 0.101. The first-order valence-corrected chi connectivity index (χ1v) is 10.6. The van der Waals surface area contributed by atoms with Gasteiger partial charge in [-0.25, -0.2) is 17.7 Å². The number of pyridine rings is 1. The molecule has 0 saturated heterocycles. The number of rotatable bonds is 3. The highest BCUT2D eigenvalue weighted by Crippen LogP contribution is 2.35. The van der Waals surface area contributed by atoms with Crippen LogP contribution in [-0.2, 0) is 23.6 Å². The lowest BCUT2D eigenvalue weighted by Gasteiger charge is -2.27. The molecular formula is C21H20F2N4O3S. The Morgan fingerprint density at radius 3 is 2.77 bits per heavy atom. The molecule has 31 heavy (non-hydrogen) atoms. The highest BCUT2D eigenvalue weighted by Gasteiger charge is 2.38. The zero-order chi connectivity index (χ0) is 22.3. The third kappa shape index (κ3) is 3.96. The van der Waals surface area contributed by atoms with Crippen molar-refractivity contribution in [3.05, 3.63) is 71.3 Å². The maximum absolute atomic E-state index is 13.5. The molecule has 1 aliphatic heterocycles. The molecule has 0 saturated carbocycles. The normalized spacial score (nSPS) is 20.5. The summed E-state index contributed by atoms with van der Waals surface area (Å²) in [5.74, 6) is -2.54. The lowest BCUT2D eigenvalue weighted by Crippen LogP contribution is -2.44. The highest BCUT2D eigenvalue weighted by atomic mass is 32.2. The van der Waals surface area contributed by atoms with E-state index < -0.39 is 34.1 Å². The van der Waals surface area contributed by atoms with E-state index >= 15 is 0 Å². The molecule has 0 bridgehead atoms. The van der Waals surface area contributed by atoms with Crippen LogP contribution >= 0.6 is 0 Å². The third-order valence-electron chi connectivity index (χ3n) is 4.97. The van der Waals surface area contributed by atoms with E-state index in [0.717, 1.165) is 17.8 Å². The van der Waals surface area contributed by atoms with Crippen LogP contribution < -0.4 is 14.8 Å². The first kappa shape index (κ1) is 21.1. The van der Waals surface area contributed by atoms with Gasteiger partial charge < -0.3 is 14.6 Å². The molecule has 2 unspecified atom stereocenters. The molecule has 0 radical (unpaired) electrons. The van der Waals surface area contributed by atoms with Crippen molar-refractivity contribution < 1.29 is 22.5 Å². The quantitative estimate of drug-likeness (QED) is 0.647. The second-order valence-corrected chi connectivity index (χ2v) is 8.70. The Kier molecular flexibility index (Phi) is 5.36. The SMILES string of the molecule is Cc1cccc(C2(C)COc3c(cn(C)c3C(=O)Nc3ccc(F)c(F)c3)S(=O)N2)n1. The predicted molar refractivity (Wildman–Crippen MR) is 111 cm³/mol. The fourth-order valence-electron chi connectivity index (χ4n) is 3.36. The van der Waals surface area contributed by atoms with Gasteiger partial charge in [-0.05, 0) is 38.1 Å². The number of ether oxygens (including phenoxy) is 1. The Balaban J connectivity index is 1.66. The zero-order valence-electron chi connectivity index (χ0n) is 17.0. The fourth-order valence-corrected chi connectivity index (χ4v) is 4.62. The molecule has 7 nitrogen and oxygen atoms in total.